The third-order valence-electron chi connectivity index (χ3n) is 1.82. The molecule has 1 rings (SSSR count). The number of rotatable bonds is 3. The summed E-state index contributed by atoms with van der Waals surface area (Å²) < 4.78 is 23.3. The molecule has 0 unspecified atom stereocenters. The molecule has 0 saturated heterocycles. The summed E-state index contributed by atoms with van der Waals surface area (Å²) in [6.45, 7) is 2.99. The van der Waals surface area contributed by atoms with Gasteiger partial charge in [-0.25, -0.2) is 8.42 Å². The Hall–Kier alpha value is -1.16. The summed E-state index contributed by atoms with van der Waals surface area (Å²) in [6, 6.07) is 6.66. The van der Waals surface area contributed by atoms with Gasteiger partial charge in [0.1, 0.15) is 11.5 Å². The van der Waals surface area contributed by atoms with E-state index in [-0.39, 0.29) is 10.7 Å². The van der Waals surface area contributed by atoms with Crippen molar-refractivity contribution in [3.8, 4) is 0 Å². The fourth-order valence-electron chi connectivity index (χ4n) is 1.25. The maximum Gasteiger partial charge on any atom is 0.185 e. The molecule has 0 fully saturated rings. The molecule has 0 amide bonds. The summed E-state index contributed by atoms with van der Waals surface area (Å²) >= 11 is 0. The first-order valence-corrected chi connectivity index (χ1v) is 5.86. The first kappa shape index (κ1) is 10.9. The molecule has 0 aromatic heterocycles. The zero-order valence-corrected chi connectivity index (χ0v) is 8.97. The topological polar surface area (TPSA) is 51.2 Å². The van der Waals surface area contributed by atoms with Crippen molar-refractivity contribution >= 4 is 15.6 Å². The van der Waals surface area contributed by atoms with Crippen molar-refractivity contribution < 1.29 is 13.2 Å². The number of hydrogen-bond acceptors (Lipinski definition) is 3. The van der Waals surface area contributed by atoms with E-state index in [1.165, 1.54) is 13.0 Å². The fourth-order valence-corrected chi connectivity index (χ4v) is 2.79. The minimum atomic E-state index is -3.44. The summed E-state index contributed by atoms with van der Waals surface area (Å²) in [4.78, 5) is 11.0. The number of Topliss-reactive ketones (excluding diaryl/α,β-unsaturated/α-hetero) is 1. The van der Waals surface area contributed by atoms with Crippen LogP contribution < -0.4 is 0 Å². The predicted octanol–water partition coefficient (Wildman–Crippen LogP) is 1.36. The second-order valence-electron chi connectivity index (χ2n) is 3.23. The van der Waals surface area contributed by atoms with Gasteiger partial charge in [0.2, 0.25) is 0 Å². The van der Waals surface area contributed by atoms with E-state index in [1.54, 1.807) is 25.1 Å². The summed E-state index contributed by atoms with van der Waals surface area (Å²) in [5.41, 5.74) is 0.675. The van der Waals surface area contributed by atoms with Gasteiger partial charge in [-0.05, 0) is 25.5 Å². The molecule has 0 radical (unpaired) electrons. The lowest BCUT2D eigenvalue weighted by Crippen LogP contribution is -2.14. The molecule has 76 valence electrons. The molecule has 1 aromatic rings. The second kappa shape index (κ2) is 3.92. The number of hydrogen-bond donors (Lipinski definition) is 0. The van der Waals surface area contributed by atoms with E-state index in [1.807, 2.05) is 0 Å². The molecule has 0 aliphatic carbocycles. The van der Waals surface area contributed by atoms with Crippen LogP contribution in [0.3, 0.4) is 0 Å². The lowest BCUT2D eigenvalue weighted by molar-refractivity contribution is -0.114. The highest BCUT2D eigenvalue weighted by Gasteiger charge is 2.18. The van der Waals surface area contributed by atoms with Crippen molar-refractivity contribution in [2.45, 2.75) is 18.7 Å². The molecular formula is C10H12O3S. The Balaban J connectivity index is 3.17. The molecular weight excluding hydrogens is 200 g/mol. The van der Waals surface area contributed by atoms with Crippen LogP contribution in [-0.2, 0) is 14.6 Å². The molecule has 0 bridgehead atoms. The maximum atomic E-state index is 11.6. The smallest absolute Gasteiger partial charge is 0.185 e. The number of sulfone groups is 1. The van der Waals surface area contributed by atoms with Crippen molar-refractivity contribution in [3.63, 3.8) is 0 Å². The number of ketones is 1. The molecule has 0 saturated carbocycles. The Bertz CT molecular complexity index is 446. The summed E-state index contributed by atoms with van der Waals surface area (Å²) in [5, 5.41) is 0. The van der Waals surface area contributed by atoms with E-state index < -0.39 is 15.6 Å². The first-order valence-electron chi connectivity index (χ1n) is 4.21. The third kappa shape index (κ3) is 2.42. The van der Waals surface area contributed by atoms with Crippen LogP contribution in [0.25, 0.3) is 0 Å². The normalized spacial score (nSPS) is 11.3. The van der Waals surface area contributed by atoms with E-state index in [2.05, 4.69) is 0 Å². The van der Waals surface area contributed by atoms with Gasteiger partial charge in [0.05, 0.1) is 4.90 Å². The molecule has 0 atom stereocenters. The van der Waals surface area contributed by atoms with E-state index in [0.717, 1.165) is 0 Å². The highest BCUT2D eigenvalue weighted by molar-refractivity contribution is 7.92. The van der Waals surface area contributed by atoms with Crippen LogP contribution in [0.5, 0.6) is 0 Å². The Kier molecular flexibility index (Phi) is 3.06. The molecule has 0 aliphatic heterocycles. The molecule has 3 nitrogen and oxygen atoms in total. The van der Waals surface area contributed by atoms with Crippen molar-refractivity contribution in [2.24, 2.45) is 0 Å². The maximum absolute atomic E-state index is 11.6. The lowest BCUT2D eigenvalue weighted by atomic mass is 10.2. The van der Waals surface area contributed by atoms with E-state index in [9.17, 15) is 13.2 Å². The standard InChI is InChI=1S/C10H12O3S/c1-8-5-3-4-6-10(8)14(12,13)7-9(2)11/h3-6H,7H2,1-2H3. The highest BCUT2D eigenvalue weighted by Crippen LogP contribution is 2.15. The number of aryl methyl sites for hydroxylation is 1. The number of carbonyl (C=O) groups is 1. The van der Waals surface area contributed by atoms with E-state index in [0.29, 0.717) is 5.56 Å². The van der Waals surface area contributed by atoms with Crippen LogP contribution in [0.2, 0.25) is 0 Å². The van der Waals surface area contributed by atoms with Gasteiger partial charge in [-0.3, -0.25) is 4.79 Å². The largest absolute Gasteiger partial charge is 0.299 e. The average Bonchev–Trinajstić information content (AvgIpc) is 2.02. The average molecular weight is 212 g/mol. The minimum absolute atomic E-state index is 0.246. The SMILES string of the molecule is CC(=O)CS(=O)(=O)c1ccccc1C. The van der Waals surface area contributed by atoms with Crippen molar-refractivity contribution in [3.05, 3.63) is 29.8 Å². The molecule has 0 spiro atoms. The Morgan fingerprint density at radius 2 is 1.86 bits per heavy atom. The van der Waals surface area contributed by atoms with Crippen molar-refractivity contribution in [1.82, 2.24) is 0 Å². The van der Waals surface area contributed by atoms with Crippen LogP contribution >= 0.6 is 0 Å². The van der Waals surface area contributed by atoms with Gasteiger partial charge in [0.15, 0.2) is 9.84 Å². The van der Waals surface area contributed by atoms with Crippen molar-refractivity contribution in [2.75, 3.05) is 5.75 Å². The van der Waals surface area contributed by atoms with Crippen molar-refractivity contribution in [1.29, 1.82) is 0 Å². The Morgan fingerprint density at radius 3 is 2.36 bits per heavy atom. The zero-order valence-electron chi connectivity index (χ0n) is 8.15. The van der Waals surface area contributed by atoms with Crippen LogP contribution in [0.4, 0.5) is 0 Å². The summed E-state index contributed by atoms with van der Waals surface area (Å²) in [6.07, 6.45) is 0. The van der Waals surface area contributed by atoms with Crippen LogP contribution in [0.15, 0.2) is 29.2 Å². The van der Waals surface area contributed by atoms with Crippen LogP contribution in [-0.4, -0.2) is 20.0 Å². The van der Waals surface area contributed by atoms with Gasteiger partial charge < -0.3 is 0 Å². The monoisotopic (exact) mass is 212 g/mol. The van der Waals surface area contributed by atoms with Gasteiger partial charge >= 0.3 is 0 Å². The lowest BCUT2D eigenvalue weighted by Gasteiger charge is -2.04. The molecule has 1 aromatic carbocycles. The molecule has 14 heavy (non-hydrogen) atoms. The third-order valence-corrected chi connectivity index (χ3v) is 3.74. The Morgan fingerprint density at radius 1 is 1.29 bits per heavy atom. The second-order valence-corrected chi connectivity index (χ2v) is 5.18. The van der Waals surface area contributed by atoms with Gasteiger partial charge in [-0.15, -0.1) is 0 Å². The quantitative estimate of drug-likeness (QED) is 0.760. The fraction of sp³-hybridized carbons (Fsp3) is 0.300. The number of benzene rings is 1. The molecule has 0 heterocycles. The summed E-state index contributed by atoms with van der Waals surface area (Å²) in [5.74, 6) is -0.758. The van der Waals surface area contributed by atoms with Gasteiger partial charge in [0.25, 0.3) is 0 Å². The molecule has 0 N–H and O–H groups in total. The van der Waals surface area contributed by atoms with Crippen LogP contribution in [0, 0.1) is 6.92 Å². The minimum Gasteiger partial charge on any atom is -0.299 e. The van der Waals surface area contributed by atoms with Gasteiger partial charge in [-0.2, -0.15) is 0 Å². The first-order chi connectivity index (χ1) is 6.43. The summed E-state index contributed by atoms with van der Waals surface area (Å²) in [7, 11) is -3.44. The molecule has 0 aliphatic rings. The van der Waals surface area contributed by atoms with Gasteiger partial charge in [-0.1, -0.05) is 18.2 Å². The number of carbonyl (C=O) groups excluding carboxylic acids is 1. The van der Waals surface area contributed by atoms with Crippen LogP contribution in [0.1, 0.15) is 12.5 Å². The Labute approximate surface area is 83.7 Å². The predicted molar refractivity (Wildman–Crippen MR) is 53.9 cm³/mol. The van der Waals surface area contributed by atoms with Gasteiger partial charge in [0, 0.05) is 0 Å². The zero-order chi connectivity index (χ0) is 10.8. The highest BCUT2D eigenvalue weighted by atomic mass is 32.2. The van der Waals surface area contributed by atoms with E-state index in [4.69, 9.17) is 0 Å². The molecule has 4 heteroatoms. The van der Waals surface area contributed by atoms with E-state index >= 15 is 0 Å².